The van der Waals surface area contributed by atoms with Gasteiger partial charge in [0.25, 0.3) is 0 Å². The van der Waals surface area contributed by atoms with Gasteiger partial charge in [-0.25, -0.2) is 4.98 Å². The molecule has 5 heteroatoms. The molecule has 3 nitrogen and oxygen atoms in total. The molecule has 1 N–H and O–H groups in total. The van der Waals surface area contributed by atoms with Crippen LogP contribution in [0.2, 0.25) is 5.15 Å². The Bertz CT molecular complexity index is 285. The number of ether oxygens (including phenoxy) is 1. The first-order valence-corrected chi connectivity index (χ1v) is 3.31. The fourth-order valence-electron chi connectivity index (χ4n) is 0.510. The number of H-pyrrole nitrogens is 1. The van der Waals surface area contributed by atoms with Gasteiger partial charge >= 0.3 is 0 Å². The summed E-state index contributed by atoms with van der Waals surface area (Å²) in [5.74, 6) is 0.357. The number of nitrogens with zero attached hydrogens (tertiary/aromatic N) is 1. The Morgan fingerprint density at radius 3 is 3.00 bits per heavy atom. The normalized spacial score (nSPS) is 9.40. The average Bonchev–Trinajstić information content (AvgIpc) is 1.88. The molecule has 0 aliphatic carbocycles. The highest BCUT2D eigenvalue weighted by Gasteiger charge is 1.98. The summed E-state index contributed by atoms with van der Waals surface area (Å²) in [6.07, 6.45) is 1.47. The largest absolute Gasteiger partial charge is 0.479 e. The molecule has 0 saturated heterocycles. The summed E-state index contributed by atoms with van der Waals surface area (Å²) in [6.45, 7) is 0. The molecule has 0 aliphatic heterocycles. The van der Waals surface area contributed by atoms with E-state index in [1.54, 1.807) is 0 Å². The van der Waals surface area contributed by atoms with Gasteiger partial charge in [-0.2, -0.15) is 0 Å². The number of hydrogen-bond donors (Lipinski definition) is 1. The predicted molar refractivity (Wildman–Crippen MR) is 41.0 cm³/mol. The zero-order valence-electron chi connectivity index (χ0n) is 5.22. The van der Waals surface area contributed by atoms with E-state index in [-0.39, 0.29) is 0 Å². The topological polar surface area (TPSA) is 37.9 Å². The molecule has 0 atom stereocenters. The lowest BCUT2D eigenvalue weighted by Crippen LogP contribution is -1.89. The number of nitrogens with one attached hydrogen (secondary N) is 1. The highest BCUT2D eigenvalue weighted by Crippen LogP contribution is 2.16. The molecule has 0 bridgehead atoms. The molecule has 10 heavy (non-hydrogen) atoms. The van der Waals surface area contributed by atoms with Crippen molar-refractivity contribution in [3.05, 3.63) is 16.0 Å². The quantitative estimate of drug-likeness (QED) is 0.664. The molecule has 1 rings (SSSR count). The molecular formula is C5H5ClN2OS. The van der Waals surface area contributed by atoms with Crippen LogP contribution in [0, 0.1) is 4.64 Å². The molecule has 0 saturated carbocycles. The van der Waals surface area contributed by atoms with Crippen LogP contribution in [0.15, 0.2) is 6.20 Å². The zero-order valence-corrected chi connectivity index (χ0v) is 6.79. The molecule has 0 aliphatic rings. The van der Waals surface area contributed by atoms with E-state index in [2.05, 4.69) is 9.97 Å². The van der Waals surface area contributed by atoms with Crippen molar-refractivity contribution in [3.63, 3.8) is 0 Å². The molecule has 0 unspecified atom stereocenters. The van der Waals surface area contributed by atoms with E-state index in [4.69, 9.17) is 28.6 Å². The van der Waals surface area contributed by atoms with Gasteiger partial charge < -0.3 is 9.72 Å². The van der Waals surface area contributed by atoms with E-state index in [0.29, 0.717) is 15.7 Å². The fraction of sp³-hybridized carbons (Fsp3) is 0.200. The van der Waals surface area contributed by atoms with Crippen molar-refractivity contribution in [2.45, 2.75) is 0 Å². The van der Waals surface area contributed by atoms with E-state index in [0.717, 1.165) is 0 Å². The Kier molecular flexibility index (Phi) is 2.24. The molecule has 1 heterocycles. The lowest BCUT2D eigenvalue weighted by Gasteiger charge is -1.98. The van der Waals surface area contributed by atoms with Crippen molar-refractivity contribution >= 4 is 23.8 Å². The lowest BCUT2D eigenvalue weighted by molar-refractivity contribution is 0.396. The van der Waals surface area contributed by atoms with E-state index in [9.17, 15) is 0 Å². The van der Waals surface area contributed by atoms with Crippen LogP contribution < -0.4 is 4.74 Å². The Labute approximate surface area is 68.0 Å². The number of aromatic nitrogens is 2. The van der Waals surface area contributed by atoms with Crippen molar-refractivity contribution in [2.75, 3.05) is 7.11 Å². The summed E-state index contributed by atoms with van der Waals surface area (Å²) in [6, 6.07) is 0. The second-order valence-corrected chi connectivity index (χ2v) is 2.39. The highest BCUT2D eigenvalue weighted by molar-refractivity contribution is 7.71. The second-order valence-electron chi connectivity index (χ2n) is 1.57. The Morgan fingerprint density at radius 2 is 2.50 bits per heavy atom. The van der Waals surface area contributed by atoms with Gasteiger partial charge in [-0.15, -0.1) is 0 Å². The third-order valence-corrected chi connectivity index (χ3v) is 1.38. The SMILES string of the molecule is COc1ncc(=S)[nH]c1Cl. The molecular weight excluding hydrogens is 172 g/mol. The van der Waals surface area contributed by atoms with Gasteiger partial charge in [-0.3, -0.25) is 0 Å². The lowest BCUT2D eigenvalue weighted by atomic mass is 10.7. The van der Waals surface area contributed by atoms with Crippen LogP contribution in [0.4, 0.5) is 0 Å². The summed E-state index contributed by atoms with van der Waals surface area (Å²) in [5.41, 5.74) is 0. The molecule has 0 radical (unpaired) electrons. The van der Waals surface area contributed by atoms with Crippen LogP contribution in [0.25, 0.3) is 0 Å². The van der Waals surface area contributed by atoms with Crippen molar-refractivity contribution in [3.8, 4) is 5.88 Å². The number of methoxy groups -OCH3 is 1. The van der Waals surface area contributed by atoms with E-state index >= 15 is 0 Å². The highest BCUT2D eigenvalue weighted by atomic mass is 35.5. The van der Waals surface area contributed by atoms with Gasteiger partial charge in [0.2, 0.25) is 5.88 Å². The minimum Gasteiger partial charge on any atom is -0.479 e. The van der Waals surface area contributed by atoms with Crippen LogP contribution in [0.1, 0.15) is 0 Å². The van der Waals surface area contributed by atoms with Gasteiger partial charge in [0.15, 0.2) is 5.15 Å². The van der Waals surface area contributed by atoms with Crippen molar-refractivity contribution in [1.29, 1.82) is 0 Å². The maximum Gasteiger partial charge on any atom is 0.249 e. The number of aromatic amines is 1. The first kappa shape index (κ1) is 7.50. The molecule has 1 aromatic heterocycles. The third kappa shape index (κ3) is 1.46. The van der Waals surface area contributed by atoms with Crippen molar-refractivity contribution < 1.29 is 4.74 Å². The van der Waals surface area contributed by atoms with Crippen molar-refractivity contribution in [1.82, 2.24) is 9.97 Å². The standard InChI is InChI=1S/C5H5ClN2OS/c1-9-5-4(6)8-3(10)2-7-5/h2H,1H3,(H,8,10). The number of halogens is 1. The van der Waals surface area contributed by atoms with E-state index < -0.39 is 0 Å². The molecule has 0 amide bonds. The van der Waals surface area contributed by atoms with Gasteiger partial charge in [0.05, 0.1) is 13.3 Å². The molecule has 1 aromatic rings. The van der Waals surface area contributed by atoms with Gasteiger partial charge in [0.1, 0.15) is 4.64 Å². The number of hydrogen-bond acceptors (Lipinski definition) is 3. The van der Waals surface area contributed by atoms with Gasteiger partial charge in [0, 0.05) is 0 Å². The summed E-state index contributed by atoms with van der Waals surface area (Å²) in [4.78, 5) is 6.49. The summed E-state index contributed by atoms with van der Waals surface area (Å²) >= 11 is 10.4. The van der Waals surface area contributed by atoms with Crippen molar-refractivity contribution in [2.24, 2.45) is 0 Å². The predicted octanol–water partition coefficient (Wildman–Crippen LogP) is 1.80. The molecule has 0 spiro atoms. The van der Waals surface area contributed by atoms with Gasteiger partial charge in [-0.05, 0) is 0 Å². The molecule has 0 fully saturated rings. The summed E-state index contributed by atoms with van der Waals surface area (Å²) in [7, 11) is 1.49. The first-order chi connectivity index (χ1) is 4.74. The Hall–Kier alpha value is -0.610. The van der Waals surface area contributed by atoms with Crippen LogP contribution in [-0.2, 0) is 0 Å². The van der Waals surface area contributed by atoms with E-state index in [1.807, 2.05) is 0 Å². The maximum absolute atomic E-state index is 5.62. The minimum absolute atomic E-state index is 0.329. The van der Waals surface area contributed by atoms with Crippen LogP contribution in [-0.4, -0.2) is 17.1 Å². The van der Waals surface area contributed by atoms with E-state index in [1.165, 1.54) is 13.3 Å². The van der Waals surface area contributed by atoms with Crippen LogP contribution >= 0.6 is 23.8 Å². The second kappa shape index (κ2) is 2.98. The molecule has 0 aromatic carbocycles. The summed E-state index contributed by atoms with van der Waals surface area (Å²) < 4.78 is 5.27. The maximum atomic E-state index is 5.62. The zero-order chi connectivity index (χ0) is 7.56. The third-order valence-electron chi connectivity index (χ3n) is 0.913. The van der Waals surface area contributed by atoms with Gasteiger partial charge in [-0.1, -0.05) is 23.8 Å². The summed E-state index contributed by atoms with van der Waals surface area (Å²) in [5, 5.41) is 0.329. The minimum atomic E-state index is 0.329. The monoisotopic (exact) mass is 176 g/mol. The number of rotatable bonds is 1. The Balaban J connectivity index is 3.19. The first-order valence-electron chi connectivity index (χ1n) is 2.53. The van der Waals surface area contributed by atoms with Crippen LogP contribution in [0.3, 0.4) is 0 Å². The Morgan fingerprint density at radius 1 is 1.80 bits per heavy atom. The molecule has 54 valence electrons. The smallest absolute Gasteiger partial charge is 0.249 e. The average molecular weight is 177 g/mol. The van der Waals surface area contributed by atoms with Crippen LogP contribution in [0.5, 0.6) is 5.88 Å². The fourth-order valence-corrected chi connectivity index (χ4v) is 0.949.